The number of rotatable bonds is 5. The smallest absolute Gasteiger partial charge is 0.272 e. The van der Waals surface area contributed by atoms with E-state index in [0.29, 0.717) is 24.0 Å². The van der Waals surface area contributed by atoms with Crippen LogP contribution in [0.4, 0.5) is 0 Å². The van der Waals surface area contributed by atoms with Crippen molar-refractivity contribution in [2.75, 3.05) is 6.61 Å². The van der Waals surface area contributed by atoms with E-state index in [4.69, 9.17) is 9.26 Å². The minimum absolute atomic E-state index is 0.125. The number of nitrogens with zero attached hydrogens (tertiary/aromatic N) is 3. The van der Waals surface area contributed by atoms with Crippen molar-refractivity contribution in [3.05, 3.63) is 40.5 Å². The molecule has 25 heavy (non-hydrogen) atoms. The number of H-pyrrole nitrogens is 1. The van der Waals surface area contributed by atoms with Gasteiger partial charge in [-0.3, -0.25) is 9.89 Å². The summed E-state index contributed by atoms with van der Waals surface area (Å²) in [5, 5.41) is 13.6. The number of thiophene rings is 1. The SMILES string of the molecule is Cc1ccc(-c2cc(C(=O)NCc3noc(C4CCCO4)n3)n[nH]2)s1. The summed E-state index contributed by atoms with van der Waals surface area (Å²) in [4.78, 5) is 18.7. The van der Waals surface area contributed by atoms with Crippen molar-refractivity contribution in [2.45, 2.75) is 32.4 Å². The standard InChI is InChI=1S/C16H17N5O3S/c1-9-4-5-13(25-9)10-7-11(20-19-10)15(22)17-8-14-18-16(24-21-14)12-3-2-6-23-12/h4-5,7,12H,2-3,6,8H2,1H3,(H,17,22)(H,19,20). The minimum Gasteiger partial charge on any atom is -0.368 e. The average Bonchev–Trinajstić information content (AvgIpc) is 3.38. The first-order valence-electron chi connectivity index (χ1n) is 8.03. The molecule has 1 saturated heterocycles. The highest BCUT2D eigenvalue weighted by Crippen LogP contribution is 2.27. The zero-order valence-corrected chi connectivity index (χ0v) is 14.4. The van der Waals surface area contributed by atoms with Gasteiger partial charge in [-0.05, 0) is 38.0 Å². The number of carbonyl (C=O) groups excluding carboxylic acids is 1. The van der Waals surface area contributed by atoms with Crippen molar-refractivity contribution in [1.82, 2.24) is 25.7 Å². The summed E-state index contributed by atoms with van der Waals surface area (Å²) in [6, 6.07) is 5.76. The van der Waals surface area contributed by atoms with Gasteiger partial charge in [0.15, 0.2) is 11.5 Å². The number of carbonyl (C=O) groups is 1. The Balaban J connectivity index is 1.37. The van der Waals surface area contributed by atoms with Crippen LogP contribution in [0.5, 0.6) is 0 Å². The van der Waals surface area contributed by atoms with Gasteiger partial charge in [-0.15, -0.1) is 11.3 Å². The Morgan fingerprint density at radius 2 is 2.40 bits per heavy atom. The summed E-state index contributed by atoms with van der Waals surface area (Å²) in [5.74, 6) is 0.597. The Bertz CT molecular complexity index is 878. The third-order valence-corrected chi connectivity index (χ3v) is 4.95. The van der Waals surface area contributed by atoms with Crippen molar-refractivity contribution >= 4 is 17.2 Å². The first kappa shape index (κ1) is 16.0. The average molecular weight is 359 g/mol. The maximum atomic E-state index is 12.2. The van der Waals surface area contributed by atoms with Crippen LogP contribution < -0.4 is 5.32 Å². The first-order valence-corrected chi connectivity index (χ1v) is 8.85. The van der Waals surface area contributed by atoms with E-state index in [1.165, 1.54) is 4.88 Å². The Morgan fingerprint density at radius 1 is 1.48 bits per heavy atom. The van der Waals surface area contributed by atoms with Crippen molar-refractivity contribution in [2.24, 2.45) is 0 Å². The molecule has 130 valence electrons. The van der Waals surface area contributed by atoms with E-state index in [1.807, 2.05) is 19.1 Å². The predicted molar refractivity (Wildman–Crippen MR) is 90.0 cm³/mol. The molecule has 2 N–H and O–H groups in total. The zero-order chi connectivity index (χ0) is 17.2. The summed E-state index contributed by atoms with van der Waals surface area (Å²) in [5.41, 5.74) is 1.15. The van der Waals surface area contributed by atoms with Crippen molar-refractivity contribution in [3.8, 4) is 10.6 Å². The molecule has 0 spiro atoms. The molecular formula is C16H17N5O3S. The van der Waals surface area contributed by atoms with E-state index >= 15 is 0 Å². The maximum absolute atomic E-state index is 12.2. The largest absolute Gasteiger partial charge is 0.368 e. The summed E-state index contributed by atoms with van der Waals surface area (Å²) in [6.45, 7) is 2.92. The van der Waals surface area contributed by atoms with E-state index < -0.39 is 0 Å². The number of hydrogen-bond acceptors (Lipinski definition) is 7. The molecule has 1 fully saturated rings. The second kappa shape index (κ2) is 6.77. The number of aromatic nitrogens is 4. The molecule has 4 rings (SSSR count). The predicted octanol–water partition coefficient (Wildman–Crippen LogP) is 2.61. The zero-order valence-electron chi connectivity index (χ0n) is 13.6. The quantitative estimate of drug-likeness (QED) is 0.725. The van der Waals surface area contributed by atoms with Gasteiger partial charge in [-0.2, -0.15) is 10.1 Å². The molecule has 3 aromatic rings. The highest BCUT2D eigenvalue weighted by atomic mass is 32.1. The second-order valence-corrected chi connectivity index (χ2v) is 7.10. The van der Waals surface area contributed by atoms with Crippen molar-refractivity contribution in [1.29, 1.82) is 0 Å². The van der Waals surface area contributed by atoms with E-state index in [1.54, 1.807) is 17.4 Å². The molecule has 0 radical (unpaired) electrons. The fourth-order valence-corrected chi connectivity index (χ4v) is 3.47. The monoisotopic (exact) mass is 359 g/mol. The lowest BCUT2D eigenvalue weighted by molar-refractivity contribution is 0.0835. The molecule has 8 nitrogen and oxygen atoms in total. The van der Waals surface area contributed by atoms with Crippen LogP contribution in [-0.4, -0.2) is 32.9 Å². The summed E-state index contributed by atoms with van der Waals surface area (Å²) in [7, 11) is 0. The molecule has 0 aromatic carbocycles. The molecular weight excluding hydrogens is 342 g/mol. The molecule has 0 aliphatic carbocycles. The van der Waals surface area contributed by atoms with Gasteiger partial charge in [-0.1, -0.05) is 5.16 Å². The molecule has 9 heteroatoms. The molecule has 1 aliphatic rings. The number of nitrogens with one attached hydrogen (secondary N) is 2. The van der Waals surface area contributed by atoms with Crippen LogP contribution in [-0.2, 0) is 11.3 Å². The van der Waals surface area contributed by atoms with Gasteiger partial charge in [-0.25, -0.2) is 0 Å². The van der Waals surface area contributed by atoms with Gasteiger partial charge < -0.3 is 14.6 Å². The number of aryl methyl sites for hydroxylation is 1. The van der Waals surface area contributed by atoms with Gasteiger partial charge >= 0.3 is 0 Å². The number of amides is 1. The Morgan fingerprint density at radius 3 is 3.16 bits per heavy atom. The van der Waals surface area contributed by atoms with Crippen LogP contribution in [0.25, 0.3) is 10.6 Å². The Hall–Kier alpha value is -2.52. The third kappa shape index (κ3) is 3.47. The van der Waals surface area contributed by atoms with Gasteiger partial charge in [0.05, 0.1) is 17.1 Å². The van der Waals surface area contributed by atoms with Gasteiger partial charge in [0.2, 0.25) is 0 Å². The lowest BCUT2D eigenvalue weighted by Crippen LogP contribution is -2.23. The molecule has 1 unspecified atom stereocenters. The number of aromatic amines is 1. The van der Waals surface area contributed by atoms with Crippen LogP contribution >= 0.6 is 11.3 Å². The lowest BCUT2D eigenvalue weighted by atomic mass is 10.2. The summed E-state index contributed by atoms with van der Waals surface area (Å²) >= 11 is 1.64. The number of hydrogen-bond donors (Lipinski definition) is 2. The fraction of sp³-hybridized carbons (Fsp3) is 0.375. The second-order valence-electron chi connectivity index (χ2n) is 5.81. The van der Waals surface area contributed by atoms with Crippen molar-refractivity contribution < 1.29 is 14.1 Å². The summed E-state index contributed by atoms with van der Waals surface area (Å²) in [6.07, 6.45) is 1.75. The van der Waals surface area contributed by atoms with E-state index in [-0.39, 0.29) is 18.6 Å². The third-order valence-electron chi connectivity index (χ3n) is 3.91. The lowest BCUT2D eigenvalue weighted by Gasteiger charge is -2.00. The van der Waals surface area contributed by atoms with Crippen LogP contribution in [0.1, 0.15) is 46.0 Å². The van der Waals surface area contributed by atoms with Gasteiger partial charge in [0.25, 0.3) is 11.8 Å². The first-order chi connectivity index (χ1) is 12.2. The Kier molecular flexibility index (Phi) is 4.33. The van der Waals surface area contributed by atoms with Gasteiger partial charge in [0, 0.05) is 11.5 Å². The van der Waals surface area contributed by atoms with E-state index in [9.17, 15) is 4.79 Å². The molecule has 0 bridgehead atoms. The Labute approximate surface area is 147 Å². The van der Waals surface area contributed by atoms with Gasteiger partial charge in [0.1, 0.15) is 6.10 Å². The molecule has 3 aromatic heterocycles. The maximum Gasteiger partial charge on any atom is 0.272 e. The normalized spacial score (nSPS) is 17.1. The minimum atomic E-state index is -0.292. The van der Waals surface area contributed by atoms with E-state index in [0.717, 1.165) is 23.4 Å². The molecule has 1 atom stereocenters. The highest BCUT2D eigenvalue weighted by Gasteiger charge is 2.24. The summed E-state index contributed by atoms with van der Waals surface area (Å²) < 4.78 is 10.7. The highest BCUT2D eigenvalue weighted by molar-refractivity contribution is 7.15. The fourth-order valence-electron chi connectivity index (χ4n) is 2.64. The van der Waals surface area contributed by atoms with Crippen LogP contribution in [0.15, 0.2) is 22.7 Å². The topological polar surface area (TPSA) is 106 Å². The number of ether oxygens (including phenoxy) is 1. The molecule has 4 heterocycles. The molecule has 0 saturated carbocycles. The van der Waals surface area contributed by atoms with E-state index in [2.05, 4.69) is 25.7 Å². The van der Waals surface area contributed by atoms with Crippen molar-refractivity contribution in [3.63, 3.8) is 0 Å². The van der Waals surface area contributed by atoms with Crippen LogP contribution in [0.3, 0.4) is 0 Å². The molecule has 1 amide bonds. The van der Waals surface area contributed by atoms with Crippen LogP contribution in [0.2, 0.25) is 0 Å². The van der Waals surface area contributed by atoms with Crippen LogP contribution in [0, 0.1) is 6.92 Å². The molecule has 1 aliphatic heterocycles.